The summed E-state index contributed by atoms with van der Waals surface area (Å²) >= 11 is 6.03. The fourth-order valence-corrected chi connectivity index (χ4v) is 3.47. The number of ether oxygens (including phenoxy) is 1. The van der Waals surface area contributed by atoms with Crippen LogP contribution in [0.2, 0.25) is 5.02 Å². The lowest BCUT2D eigenvalue weighted by Gasteiger charge is -2.13. The number of anilines is 1. The van der Waals surface area contributed by atoms with Gasteiger partial charge >= 0.3 is 0 Å². The normalized spacial score (nSPS) is 17.3. The Labute approximate surface area is 152 Å². The van der Waals surface area contributed by atoms with E-state index in [1.54, 1.807) is 0 Å². The Morgan fingerprint density at radius 1 is 1.28 bits per heavy atom. The highest BCUT2D eigenvalue weighted by atomic mass is 35.5. The minimum Gasteiger partial charge on any atom is -0.376 e. The molecule has 1 saturated heterocycles. The average molecular weight is 357 g/mol. The highest BCUT2D eigenvalue weighted by Crippen LogP contribution is 2.30. The summed E-state index contributed by atoms with van der Waals surface area (Å²) in [5.41, 5.74) is 4.87. The lowest BCUT2D eigenvalue weighted by molar-refractivity contribution is 0.120. The minimum atomic E-state index is 0.274. The Morgan fingerprint density at radius 2 is 2.08 bits per heavy atom. The van der Waals surface area contributed by atoms with Crippen LogP contribution >= 0.6 is 11.6 Å². The van der Waals surface area contributed by atoms with E-state index in [-0.39, 0.29) is 6.10 Å². The van der Waals surface area contributed by atoms with E-state index in [0.29, 0.717) is 0 Å². The predicted molar refractivity (Wildman–Crippen MR) is 100 cm³/mol. The molecule has 3 heterocycles. The van der Waals surface area contributed by atoms with Crippen LogP contribution in [0.25, 0.3) is 16.8 Å². The number of rotatable bonds is 4. The maximum atomic E-state index is 6.03. The second kappa shape index (κ2) is 6.65. The average Bonchev–Trinajstić information content (AvgIpc) is 3.21. The molecule has 1 aliphatic rings. The highest BCUT2D eigenvalue weighted by Gasteiger charge is 2.18. The number of aryl methyl sites for hydroxylation is 2. The fraction of sp³-hybridized carbons (Fsp3) is 0.368. The van der Waals surface area contributed by atoms with Crippen LogP contribution in [0, 0.1) is 13.8 Å². The number of benzene rings is 1. The van der Waals surface area contributed by atoms with E-state index in [9.17, 15) is 0 Å². The van der Waals surface area contributed by atoms with Gasteiger partial charge in [0.15, 0.2) is 5.65 Å². The van der Waals surface area contributed by atoms with Gasteiger partial charge in [-0.1, -0.05) is 23.7 Å². The smallest absolute Gasteiger partial charge is 0.165 e. The number of nitrogens with one attached hydrogen (secondary N) is 1. The van der Waals surface area contributed by atoms with Crippen molar-refractivity contribution in [3.05, 3.63) is 46.7 Å². The van der Waals surface area contributed by atoms with Crippen LogP contribution in [0.1, 0.15) is 24.2 Å². The first kappa shape index (κ1) is 16.4. The first-order valence-electron chi connectivity index (χ1n) is 8.60. The van der Waals surface area contributed by atoms with Crippen molar-refractivity contribution in [3.63, 3.8) is 0 Å². The third-order valence-corrected chi connectivity index (χ3v) is 4.81. The Morgan fingerprint density at radius 3 is 2.80 bits per heavy atom. The maximum Gasteiger partial charge on any atom is 0.165 e. The molecule has 5 nitrogen and oxygen atoms in total. The molecule has 1 N–H and O–H groups in total. The Bertz CT molecular complexity index is 898. The summed E-state index contributed by atoms with van der Waals surface area (Å²) in [6.45, 7) is 5.66. The molecular weight excluding hydrogens is 336 g/mol. The molecule has 0 amide bonds. The van der Waals surface area contributed by atoms with Crippen molar-refractivity contribution in [2.24, 2.45) is 0 Å². The highest BCUT2D eigenvalue weighted by molar-refractivity contribution is 6.30. The maximum absolute atomic E-state index is 6.03. The standard InChI is InChI=1S/C19H21ClN4O/c1-12-10-17(21-11-16-4-3-9-25-16)24-19(22-12)18(13(2)23-24)14-5-7-15(20)8-6-14/h5-8,10,16,21H,3-4,9,11H2,1-2H3/t16-/m1/s1. The molecule has 2 aromatic heterocycles. The van der Waals surface area contributed by atoms with Gasteiger partial charge in [-0.25, -0.2) is 4.98 Å². The predicted octanol–water partition coefficient (Wildman–Crippen LogP) is 4.26. The number of aromatic nitrogens is 3. The largest absolute Gasteiger partial charge is 0.376 e. The van der Waals surface area contributed by atoms with Gasteiger partial charge in [-0.05, 0) is 44.4 Å². The monoisotopic (exact) mass is 356 g/mol. The molecule has 130 valence electrons. The van der Waals surface area contributed by atoms with E-state index in [1.165, 1.54) is 0 Å². The van der Waals surface area contributed by atoms with Gasteiger partial charge in [-0.3, -0.25) is 0 Å². The topological polar surface area (TPSA) is 51.5 Å². The lowest BCUT2D eigenvalue weighted by atomic mass is 10.1. The van der Waals surface area contributed by atoms with Crippen molar-refractivity contribution < 1.29 is 4.74 Å². The number of hydrogen-bond acceptors (Lipinski definition) is 4. The molecule has 0 aliphatic carbocycles. The molecule has 0 unspecified atom stereocenters. The molecule has 4 rings (SSSR count). The van der Waals surface area contributed by atoms with Crippen LogP contribution in [0.3, 0.4) is 0 Å². The Kier molecular flexibility index (Phi) is 4.36. The van der Waals surface area contributed by atoms with Gasteiger partial charge in [-0.15, -0.1) is 0 Å². The number of fused-ring (bicyclic) bond motifs is 1. The molecule has 1 atom stereocenters. The van der Waals surface area contributed by atoms with Gasteiger partial charge in [0.2, 0.25) is 0 Å². The molecule has 6 heteroatoms. The Hall–Kier alpha value is -2.11. The summed E-state index contributed by atoms with van der Waals surface area (Å²) in [5.74, 6) is 0.946. The molecule has 3 aromatic rings. The van der Waals surface area contributed by atoms with Gasteiger partial charge in [0.1, 0.15) is 5.82 Å². The summed E-state index contributed by atoms with van der Waals surface area (Å²) in [6, 6.07) is 9.84. The fourth-order valence-electron chi connectivity index (χ4n) is 3.35. The molecule has 1 fully saturated rings. The summed E-state index contributed by atoms with van der Waals surface area (Å²) in [5, 5.41) is 8.93. The van der Waals surface area contributed by atoms with Crippen LogP contribution < -0.4 is 5.32 Å². The number of halogens is 1. The van der Waals surface area contributed by atoms with E-state index in [2.05, 4.69) is 5.32 Å². The zero-order valence-corrected chi connectivity index (χ0v) is 15.2. The second-order valence-corrected chi connectivity index (χ2v) is 6.94. The van der Waals surface area contributed by atoms with E-state index in [0.717, 1.165) is 65.0 Å². The molecular formula is C19H21ClN4O. The summed E-state index contributed by atoms with van der Waals surface area (Å²) < 4.78 is 7.60. The van der Waals surface area contributed by atoms with Crippen LogP contribution in [-0.2, 0) is 4.74 Å². The third-order valence-electron chi connectivity index (χ3n) is 4.56. The van der Waals surface area contributed by atoms with Crippen LogP contribution in [-0.4, -0.2) is 33.9 Å². The number of nitrogens with zero attached hydrogens (tertiary/aromatic N) is 3. The van der Waals surface area contributed by atoms with Gasteiger partial charge in [-0.2, -0.15) is 9.61 Å². The van der Waals surface area contributed by atoms with Gasteiger partial charge in [0.05, 0.1) is 11.8 Å². The lowest BCUT2D eigenvalue weighted by Crippen LogP contribution is -2.20. The van der Waals surface area contributed by atoms with Crippen molar-refractivity contribution in [2.75, 3.05) is 18.5 Å². The van der Waals surface area contributed by atoms with Crippen molar-refractivity contribution >= 4 is 23.1 Å². The molecule has 0 spiro atoms. The zero-order chi connectivity index (χ0) is 17.4. The molecule has 0 bridgehead atoms. The quantitative estimate of drug-likeness (QED) is 0.759. The minimum absolute atomic E-state index is 0.274. The van der Waals surface area contributed by atoms with E-state index < -0.39 is 0 Å². The van der Waals surface area contributed by atoms with Crippen LogP contribution in [0.4, 0.5) is 5.82 Å². The summed E-state index contributed by atoms with van der Waals surface area (Å²) in [7, 11) is 0. The van der Waals surface area contributed by atoms with Crippen molar-refractivity contribution in [1.82, 2.24) is 14.6 Å². The summed E-state index contributed by atoms with van der Waals surface area (Å²) in [6.07, 6.45) is 2.52. The van der Waals surface area contributed by atoms with Crippen molar-refractivity contribution in [1.29, 1.82) is 0 Å². The zero-order valence-electron chi connectivity index (χ0n) is 14.4. The second-order valence-electron chi connectivity index (χ2n) is 6.50. The SMILES string of the molecule is Cc1cc(NC[C@H]2CCCO2)n2nc(C)c(-c3ccc(Cl)cc3)c2n1. The first-order chi connectivity index (χ1) is 12.1. The molecule has 0 radical (unpaired) electrons. The summed E-state index contributed by atoms with van der Waals surface area (Å²) in [4.78, 5) is 4.73. The molecule has 25 heavy (non-hydrogen) atoms. The number of hydrogen-bond donors (Lipinski definition) is 1. The molecule has 1 aliphatic heterocycles. The first-order valence-corrected chi connectivity index (χ1v) is 8.98. The molecule has 0 saturated carbocycles. The van der Waals surface area contributed by atoms with E-state index in [4.69, 9.17) is 26.4 Å². The van der Waals surface area contributed by atoms with Gasteiger partial charge in [0, 0.05) is 35.5 Å². The third kappa shape index (κ3) is 3.22. The van der Waals surface area contributed by atoms with Crippen molar-refractivity contribution in [2.45, 2.75) is 32.8 Å². The van der Waals surface area contributed by atoms with Gasteiger partial charge in [0.25, 0.3) is 0 Å². The Balaban J connectivity index is 1.75. The van der Waals surface area contributed by atoms with Crippen LogP contribution in [0.5, 0.6) is 0 Å². The van der Waals surface area contributed by atoms with E-state index >= 15 is 0 Å². The van der Waals surface area contributed by atoms with Gasteiger partial charge < -0.3 is 10.1 Å². The van der Waals surface area contributed by atoms with Crippen molar-refractivity contribution in [3.8, 4) is 11.1 Å². The van der Waals surface area contributed by atoms with Crippen LogP contribution in [0.15, 0.2) is 30.3 Å². The molecule has 1 aromatic carbocycles. The van der Waals surface area contributed by atoms with E-state index in [1.807, 2.05) is 48.7 Å².